The molecule has 0 bridgehead atoms. The lowest BCUT2D eigenvalue weighted by Crippen LogP contribution is -2.10. The lowest BCUT2D eigenvalue weighted by molar-refractivity contribution is -0.151. The van der Waals surface area contributed by atoms with Gasteiger partial charge in [0.15, 0.2) is 6.79 Å². The average molecular weight is 206 g/mol. The van der Waals surface area contributed by atoms with Gasteiger partial charge in [-0.25, -0.2) is 4.79 Å². The number of unbranched alkanes of at least 4 members (excludes halogenated alkanes) is 1. The highest BCUT2D eigenvalue weighted by Gasteiger charge is 2.02. The third kappa shape index (κ3) is 7.51. The first-order chi connectivity index (χ1) is 6.70. The summed E-state index contributed by atoms with van der Waals surface area (Å²) in [6.45, 7) is -1.07. The SMILES string of the molecule is O=C(CO)OCCCCC(=O)OCO. The first-order valence-corrected chi connectivity index (χ1v) is 4.23. The molecule has 0 amide bonds. The molecule has 0 aromatic rings. The highest BCUT2D eigenvalue weighted by Crippen LogP contribution is 1.98. The minimum absolute atomic E-state index is 0.172. The monoisotopic (exact) mass is 206 g/mol. The van der Waals surface area contributed by atoms with Crippen LogP contribution in [-0.2, 0) is 19.1 Å². The number of esters is 2. The molecule has 0 aromatic carbocycles. The molecule has 0 unspecified atom stereocenters. The molecule has 0 heterocycles. The van der Waals surface area contributed by atoms with Gasteiger partial charge in [0.1, 0.15) is 6.61 Å². The smallest absolute Gasteiger partial charge is 0.331 e. The Morgan fingerprint density at radius 2 is 1.71 bits per heavy atom. The molecule has 14 heavy (non-hydrogen) atoms. The van der Waals surface area contributed by atoms with Gasteiger partial charge in [-0.1, -0.05) is 0 Å². The molecule has 0 rings (SSSR count). The summed E-state index contributed by atoms with van der Waals surface area (Å²) < 4.78 is 8.80. The zero-order valence-electron chi connectivity index (χ0n) is 7.77. The normalized spacial score (nSPS) is 9.57. The van der Waals surface area contributed by atoms with Crippen LogP contribution in [0.5, 0.6) is 0 Å². The molecule has 6 nitrogen and oxygen atoms in total. The fraction of sp³-hybridized carbons (Fsp3) is 0.750. The molecule has 0 spiro atoms. The van der Waals surface area contributed by atoms with Gasteiger partial charge in [0.2, 0.25) is 0 Å². The van der Waals surface area contributed by atoms with Crippen molar-refractivity contribution in [2.45, 2.75) is 19.3 Å². The van der Waals surface area contributed by atoms with Crippen LogP contribution in [0.2, 0.25) is 0 Å². The number of carbonyl (C=O) groups excluding carboxylic acids is 2. The van der Waals surface area contributed by atoms with Crippen LogP contribution in [-0.4, -0.2) is 42.2 Å². The van der Waals surface area contributed by atoms with Gasteiger partial charge in [-0.3, -0.25) is 4.79 Å². The van der Waals surface area contributed by atoms with Gasteiger partial charge >= 0.3 is 11.9 Å². The number of carbonyl (C=O) groups is 2. The standard InChI is InChI=1S/C8H14O6/c9-5-8(12)13-4-2-1-3-7(11)14-6-10/h9-10H,1-6H2. The van der Waals surface area contributed by atoms with Crippen molar-refractivity contribution >= 4 is 11.9 Å². The quantitative estimate of drug-likeness (QED) is 0.321. The number of hydrogen-bond donors (Lipinski definition) is 2. The fourth-order valence-corrected chi connectivity index (χ4v) is 0.747. The zero-order chi connectivity index (χ0) is 10.8. The Hall–Kier alpha value is -1.14. The summed E-state index contributed by atoms with van der Waals surface area (Å²) in [5.74, 6) is -1.16. The van der Waals surface area contributed by atoms with Crippen LogP contribution in [0.15, 0.2) is 0 Å². The molecular weight excluding hydrogens is 192 g/mol. The van der Waals surface area contributed by atoms with Crippen molar-refractivity contribution in [2.75, 3.05) is 20.0 Å². The van der Waals surface area contributed by atoms with Gasteiger partial charge in [0, 0.05) is 6.42 Å². The number of hydrogen-bond acceptors (Lipinski definition) is 6. The second-order valence-electron chi connectivity index (χ2n) is 2.48. The minimum Gasteiger partial charge on any atom is -0.464 e. The van der Waals surface area contributed by atoms with Crippen LogP contribution in [0.3, 0.4) is 0 Å². The van der Waals surface area contributed by atoms with E-state index in [1.54, 1.807) is 0 Å². The first-order valence-electron chi connectivity index (χ1n) is 4.23. The molecule has 2 N–H and O–H groups in total. The van der Waals surface area contributed by atoms with Crippen molar-refractivity contribution in [2.24, 2.45) is 0 Å². The molecule has 82 valence electrons. The van der Waals surface area contributed by atoms with Gasteiger partial charge in [-0.05, 0) is 12.8 Å². The molecule has 0 saturated carbocycles. The van der Waals surface area contributed by atoms with E-state index in [-0.39, 0.29) is 13.0 Å². The maximum absolute atomic E-state index is 10.7. The second-order valence-corrected chi connectivity index (χ2v) is 2.48. The second kappa shape index (κ2) is 8.46. The molecule has 0 aliphatic heterocycles. The summed E-state index contributed by atoms with van der Waals surface area (Å²) in [5, 5.41) is 16.5. The lowest BCUT2D eigenvalue weighted by Gasteiger charge is -2.02. The lowest BCUT2D eigenvalue weighted by atomic mass is 10.2. The Labute approximate surface area is 81.4 Å². The topological polar surface area (TPSA) is 93.1 Å². The Balaban J connectivity index is 3.21. The Bertz CT molecular complexity index is 179. The van der Waals surface area contributed by atoms with E-state index in [1.807, 2.05) is 0 Å². The van der Waals surface area contributed by atoms with Crippen molar-refractivity contribution in [1.29, 1.82) is 0 Å². The predicted octanol–water partition coefficient (Wildman–Crippen LogP) is -0.815. The maximum Gasteiger partial charge on any atom is 0.331 e. The summed E-state index contributed by atoms with van der Waals surface area (Å²) in [5.41, 5.74) is 0. The summed E-state index contributed by atoms with van der Waals surface area (Å²) in [6.07, 6.45) is 1.21. The molecule has 0 radical (unpaired) electrons. The van der Waals surface area contributed by atoms with E-state index < -0.39 is 25.3 Å². The summed E-state index contributed by atoms with van der Waals surface area (Å²) in [6, 6.07) is 0. The summed E-state index contributed by atoms with van der Waals surface area (Å²) >= 11 is 0. The van der Waals surface area contributed by atoms with E-state index in [1.165, 1.54) is 0 Å². The van der Waals surface area contributed by atoms with E-state index in [0.717, 1.165) is 0 Å². The summed E-state index contributed by atoms with van der Waals surface area (Å²) in [4.78, 5) is 21.1. The van der Waals surface area contributed by atoms with Crippen LogP contribution in [0.1, 0.15) is 19.3 Å². The predicted molar refractivity (Wildman–Crippen MR) is 45.1 cm³/mol. The van der Waals surface area contributed by atoms with Gasteiger partial charge in [-0.15, -0.1) is 0 Å². The van der Waals surface area contributed by atoms with Gasteiger partial charge in [0.25, 0.3) is 0 Å². The average Bonchev–Trinajstić information content (AvgIpc) is 2.17. The molecular formula is C8H14O6. The van der Waals surface area contributed by atoms with Crippen molar-refractivity contribution in [3.05, 3.63) is 0 Å². The van der Waals surface area contributed by atoms with E-state index in [9.17, 15) is 9.59 Å². The minimum atomic E-state index is -0.678. The summed E-state index contributed by atoms with van der Waals surface area (Å²) in [7, 11) is 0. The van der Waals surface area contributed by atoms with Crippen molar-refractivity contribution < 1.29 is 29.3 Å². The van der Waals surface area contributed by atoms with Gasteiger partial charge in [-0.2, -0.15) is 0 Å². The van der Waals surface area contributed by atoms with E-state index in [4.69, 9.17) is 10.2 Å². The Morgan fingerprint density at radius 1 is 1.00 bits per heavy atom. The highest BCUT2D eigenvalue weighted by molar-refractivity contribution is 5.70. The molecule has 0 atom stereocenters. The first kappa shape index (κ1) is 12.9. The molecule has 0 saturated heterocycles. The van der Waals surface area contributed by atoms with Crippen LogP contribution in [0.4, 0.5) is 0 Å². The molecule has 0 aromatic heterocycles. The van der Waals surface area contributed by atoms with Crippen molar-refractivity contribution in [1.82, 2.24) is 0 Å². The third-order valence-corrected chi connectivity index (χ3v) is 1.39. The van der Waals surface area contributed by atoms with Gasteiger partial charge < -0.3 is 19.7 Å². The Morgan fingerprint density at radius 3 is 2.29 bits per heavy atom. The van der Waals surface area contributed by atoms with Crippen LogP contribution < -0.4 is 0 Å². The molecule has 6 heteroatoms. The van der Waals surface area contributed by atoms with E-state index in [0.29, 0.717) is 12.8 Å². The number of ether oxygens (including phenoxy) is 2. The number of aliphatic hydroxyl groups is 2. The maximum atomic E-state index is 10.7. The largest absolute Gasteiger partial charge is 0.464 e. The van der Waals surface area contributed by atoms with Crippen molar-refractivity contribution in [3.8, 4) is 0 Å². The van der Waals surface area contributed by atoms with Crippen LogP contribution in [0, 0.1) is 0 Å². The van der Waals surface area contributed by atoms with E-state index >= 15 is 0 Å². The molecule has 0 fully saturated rings. The number of aliphatic hydroxyl groups excluding tert-OH is 2. The van der Waals surface area contributed by atoms with Crippen LogP contribution in [0.25, 0.3) is 0 Å². The zero-order valence-corrected chi connectivity index (χ0v) is 7.77. The van der Waals surface area contributed by atoms with Crippen molar-refractivity contribution in [3.63, 3.8) is 0 Å². The van der Waals surface area contributed by atoms with Gasteiger partial charge in [0.05, 0.1) is 6.61 Å². The highest BCUT2D eigenvalue weighted by atomic mass is 16.6. The molecule has 0 aliphatic rings. The number of rotatable bonds is 7. The fourth-order valence-electron chi connectivity index (χ4n) is 0.747. The molecule has 0 aliphatic carbocycles. The van der Waals surface area contributed by atoms with E-state index in [2.05, 4.69) is 9.47 Å². The van der Waals surface area contributed by atoms with Crippen LogP contribution >= 0.6 is 0 Å². The third-order valence-electron chi connectivity index (χ3n) is 1.39. The Kier molecular flexibility index (Phi) is 7.77.